The van der Waals surface area contributed by atoms with Crippen LogP contribution in [0.5, 0.6) is 0 Å². The van der Waals surface area contributed by atoms with E-state index in [1.807, 2.05) is 16.8 Å². The van der Waals surface area contributed by atoms with Gasteiger partial charge in [-0.05, 0) is 34.5 Å². The lowest BCUT2D eigenvalue weighted by Gasteiger charge is -2.25. The van der Waals surface area contributed by atoms with E-state index in [4.69, 9.17) is 0 Å². The van der Waals surface area contributed by atoms with Gasteiger partial charge in [0.15, 0.2) is 0 Å². The van der Waals surface area contributed by atoms with E-state index in [1.165, 1.54) is 22.1 Å². The highest BCUT2D eigenvalue weighted by atomic mass is 32.1. The number of carbonyl (C=O) groups is 2. The minimum Gasteiger partial charge on any atom is -0.478 e. The van der Waals surface area contributed by atoms with Crippen LogP contribution in [0, 0.1) is 11.6 Å². The van der Waals surface area contributed by atoms with Crippen molar-refractivity contribution < 1.29 is 23.5 Å². The summed E-state index contributed by atoms with van der Waals surface area (Å²) in [6, 6.07) is 4.84. The lowest BCUT2D eigenvalue weighted by Crippen LogP contribution is -2.25. The van der Waals surface area contributed by atoms with Gasteiger partial charge >= 0.3 is 5.97 Å². The van der Waals surface area contributed by atoms with Crippen molar-refractivity contribution in [3.05, 3.63) is 69.7 Å². The van der Waals surface area contributed by atoms with Crippen molar-refractivity contribution >= 4 is 28.9 Å². The third-order valence-corrected chi connectivity index (χ3v) is 5.03. The summed E-state index contributed by atoms with van der Waals surface area (Å²) in [5.74, 6) is -3.50. The largest absolute Gasteiger partial charge is 0.478 e. The van der Waals surface area contributed by atoms with Crippen LogP contribution < -0.4 is 5.32 Å². The van der Waals surface area contributed by atoms with Gasteiger partial charge in [0.2, 0.25) is 5.91 Å². The summed E-state index contributed by atoms with van der Waals surface area (Å²) >= 11 is 1.45. The second-order valence-corrected chi connectivity index (χ2v) is 6.75. The zero-order chi connectivity index (χ0) is 18.4. The topological polar surface area (TPSA) is 71.3 Å². The average molecular weight is 374 g/mol. The Morgan fingerprint density at radius 2 is 2.00 bits per heavy atom. The van der Waals surface area contributed by atoms with E-state index in [1.54, 1.807) is 0 Å². The van der Waals surface area contributed by atoms with Crippen LogP contribution >= 0.6 is 11.3 Å². The van der Waals surface area contributed by atoms with Gasteiger partial charge in [0, 0.05) is 24.6 Å². The lowest BCUT2D eigenvalue weighted by molar-refractivity contribution is -0.116. The molecule has 26 heavy (non-hydrogen) atoms. The molecule has 5 nitrogen and oxygen atoms in total. The van der Waals surface area contributed by atoms with Gasteiger partial charge in [-0.15, -0.1) is 0 Å². The van der Waals surface area contributed by atoms with Gasteiger partial charge in [0.05, 0.1) is 17.1 Å². The fourth-order valence-electron chi connectivity index (χ4n) is 3.27. The van der Waals surface area contributed by atoms with Crippen molar-refractivity contribution in [2.75, 3.05) is 5.32 Å². The van der Waals surface area contributed by atoms with Crippen LogP contribution in [0.25, 0.3) is 5.69 Å². The number of thiophene rings is 1. The summed E-state index contributed by atoms with van der Waals surface area (Å²) < 4.78 is 28.8. The van der Waals surface area contributed by atoms with Crippen LogP contribution in [0.4, 0.5) is 14.5 Å². The highest BCUT2D eigenvalue weighted by molar-refractivity contribution is 7.08. The Balaban J connectivity index is 2.00. The molecule has 0 unspecified atom stereocenters. The van der Waals surface area contributed by atoms with Crippen molar-refractivity contribution in [1.29, 1.82) is 0 Å². The van der Waals surface area contributed by atoms with Crippen molar-refractivity contribution in [1.82, 2.24) is 4.57 Å². The first-order chi connectivity index (χ1) is 12.4. The molecule has 0 bridgehead atoms. The normalized spacial score (nSPS) is 16.2. The van der Waals surface area contributed by atoms with Crippen molar-refractivity contribution in [2.45, 2.75) is 12.3 Å². The fraction of sp³-hybridized carbons (Fsp3) is 0.111. The highest BCUT2D eigenvalue weighted by Gasteiger charge is 2.34. The van der Waals surface area contributed by atoms with E-state index in [2.05, 4.69) is 5.32 Å². The molecule has 0 saturated heterocycles. The predicted octanol–water partition coefficient (Wildman–Crippen LogP) is 3.99. The van der Waals surface area contributed by atoms with Crippen LogP contribution in [-0.4, -0.2) is 21.6 Å². The Morgan fingerprint density at radius 1 is 1.27 bits per heavy atom. The number of anilines is 1. The minimum atomic E-state index is -1.23. The zero-order valence-electron chi connectivity index (χ0n) is 13.2. The van der Waals surface area contributed by atoms with Crippen molar-refractivity contribution in [3.63, 3.8) is 0 Å². The number of nitrogens with one attached hydrogen (secondary N) is 1. The van der Waals surface area contributed by atoms with Gasteiger partial charge in [-0.2, -0.15) is 11.3 Å². The molecule has 1 aliphatic heterocycles. The van der Waals surface area contributed by atoms with Gasteiger partial charge < -0.3 is 15.0 Å². The number of benzene rings is 1. The molecule has 132 valence electrons. The summed E-state index contributed by atoms with van der Waals surface area (Å²) in [5, 5.41) is 15.8. The van der Waals surface area contributed by atoms with Gasteiger partial charge in [-0.3, -0.25) is 4.79 Å². The molecule has 1 atom stereocenters. The Labute approximate surface area is 150 Å². The average Bonchev–Trinajstić information content (AvgIpc) is 3.21. The Kier molecular flexibility index (Phi) is 3.84. The SMILES string of the molecule is O=C1C[C@H](c2ccsc2)c2c(c(C(=O)O)cn2-c2cc(F)cc(F)c2)N1. The number of fused-ring (bicyclic) bond motifs is 1. The number of nitrogens with zero attached hydrogens (tertiary/aromatic N) is 1. The number of carboxylic acids is 1. The Hall–Kier alpha value is -3.00. The lowest BCUT2D eigenvalue weighted by atomic mass is 9.90. The molecule has 3 heterocycles. The standard InChI is InChI=1S/C18H12F2N2O3S/c19-10-3-11(20)5-12(4-10)22-7-14(18(24)25)16-17(22)13(6-15(23)21-16)9-1-2-26-8-9/h1-5,7-8,13H,6H2,(H,21,23)(H,24,25)/t13-/m1/s1. The van der Waals surface area contributed by atoms with E-state index in [-0.39, 0.29) is 29.3 Å². The second-order valence-electron chi connectivity index (χ2n) is 5.97. The number of hydrogen-bond donors (Lipinski definition) is 2. The molecule has 1 aromatic carbocycles. The molecular formula is C18H12F2N2O3S. The first-order valence-corrected chi connectivity index (χ1v) is 8.65. The summed E-state index contributed by atoms with van der Waals surface area (Å²) in [5.41, 5.74) is 1.53. The molecule has 3 aromatic rings. The first-order valence-electron chi connectivity index (χ1n) is 7.71. The number of rotatable bonds is 3. The molecule has 1 aliphatic rings. The number of halogens is 2. The number of carbonyl (C=O) groups excluding carboxylic acids is 1. The summed E-state index contributed by atoms with van der Waals surface area (Å²) in [7, 11) is 0. The molecule has 2 N–H and O–H groups in total. The third kappa shape index (κ3) is 2.68. The number of amides is 1. The van der Waals surface area contributed by atoms with Crippen LogP contribution in [0.15, 0.2) is 41.2 Å². The van der Waals surface area contributed by atoms with E-state index in [9.17, 15) is 23.5 Å². The fourth-order valence-corrected chi connectivity index (χ4v) is 3.98. The number of aromatic nitrogens is 1. The summed E-state index contributed by atoms with van der Waals surface area (Å²) in [6.45, 7) is 0. The van der Waals surface area contributed by atoms with Crippen molar-refractivity contribution in [3.8, 4) is 5.69 Å². The third-order valence-electron chi connectivity index (χ3n) is 4.33. The predicted molar refractivity (Wildman–Crippen MR) is 92.1 cm³/mol. The molecule has 0 radical (unpaired) electrons. The first kappa shape index (κ1) is 16.5. The molecule has 0 saturated carbocycles. The molecule has 4 rings (SSSR count). The van der Waals surface area contributed by atoms with Gasteiger partial charge in [0.25, 0.3) is 0 Å². The van der Waals surface area contributed by atoms with Crippen molar-refractivity contribution in [2.24, 2.45) is 0 Å². The van der Waals surface area contributed by atoms with Gasteiger partial charge in [-0.1, -0.05) is 0 Å². The maximum Gasteiger partial charge on any atom is 0.339 e. The Morgan fingerprint density at radius 3 is 2.62 bits per heavy atom. The summed E-state index contributed by atoms with van der Waals surface area (Å²) in [6.07, 6.45) is 1.40. The molecule has 0 fully saturated rings. The van der Waals surface area contributed by atoms with Crippen LogP contribution in [0.2, 0.25) is 0 Å². The van der Waals surface area contributed by atoms with E-state index in [0.717, 1.165) is 23.8 Å². The second kappa shape index (κ2) is 6.06. The molecule has 8 heteroatoms. The zero-order valence-corrected chi connectivity index (χ0v) is 14.0. The summed E-state index contributed by atoms with van der Waals surface area (Å²) in [4.78, 5) is 23.8. The quantitative estimate of drug-likeness (QED) is 0.728. The number of carboxylic acid groups (broad SMARTS) is 1. The van der Waals surface area contributed by atoms with E-state index in [0.29, 0.717) is 5.69 Å². The maximum absolute atomic E-state index is 13.7. The molecule has 2 aromatic heterocycles. The van der Waals surface area contributed by atoms with Gasteiger partial charge in [-0.25, -0.2) is 13.6 Å². The molecule has 0 spiro atoms. The van der Waals surface area contributed by atoms with Crippen LogP contribution in [0.3, 0.4) is 0 Å². The molecular weight excluding hydrogens is 362 g/mol. The van der Waals surface area contributed by atoms with Gasteiger partial charge in [0.1, 0.15) is 17.2 Å². The number of aromatic carboxylic acids is 1. The molecule has 0 aliphatic carbocycles. The van der Waals surface area contributed by atoms with Crippen LogP contribution in [0.1, 0.15) is 34.0 Å². The Bertz CT molecular complexity index is 1010. The van der Waals surface area contributed by atoms with E-state index < -0.39 is 23.5 Å². The monoisotopic (exact) mass is 374 g/mol. The number of hydrogen-bond acceptors (Lipinski definition) is 3. The maximum atomic E-state index is 13.7. The molecule has 1 amide bonds. The minimum absolute atomic E-state index is 0.116. The highest BCUT2D eigenvalue weighted by Crippen LogP contribution is 2.42. The van der Waals surface area contributed by atoms with E-state index >= 15 is 0 Å². The van der Waals surface area contributed by atoms with Crippen LogP contribution in [-0.2, 0) is 4.79 Å². The smallest absolute Gasteiger partial charge is 0.339 e.